The Hall–Kier alpha value is 1.28. The first-order valence-electron chi connectivity index (χ1n) is 4.99. The van der Waals surface area contributed by atoms with Crippen LogP contribution in [0.5, 0.6) is 0 Å². The minimum absolute atomic E-state index is 0. The van der Waals surface area contributed by atoms with E-state index in [1.807, 2.05) is 0 Å². The maximum absolute atomic E-state index is 10.1. The molecule has 0 unspecified atom stereocenters. The molecule has 0 aromatic rings. The van der Waals surface area contributed by atoms with Gasteiger partial charge in [-0.3, -0.25) is 0 Å². The van der Waals surface area contributed by atoms with Gasteiger partial charge in [0.05, 0.1) is 0 Å². The molecule has 0 spiro atoms. The number of hydrogen-bond donors (Lipinski definition) is 0. The third-order valence-corrected chi connectivity index (χ3v) is 2.72. The fourth-order valence-corrected chi connectivity index (χ4v) is 2.01. The van der Waals surface area contributed by atoms with E-state index >= 15 is 0 Å². The number of carboxylic acid groups (broad SMARTS) is 1. The predicted molar refractivity (Wildman–Crippen MR) is 45.4 cm³/mol. The Morgan fingerprint density at radius 3 is 2.38 bits per heavy atom. The van der Waals surface area contributed by atoms with Crippen LogP contribution in [0.4, 0.5) is 0 Å². The number of hydrogen-bond acceptors (Lipinski definition) is 2. The van der Waals surface area contributed by atoms with E-state index in [-0.39, 0.29) is 64.6 Å². The van der Waals surface area contributed by atoms with E-state index in [0.29, 0.717) is 0 Å². The SMILES string of the molecule is O=C([O-])CCCC1CCCCC1.[Rb+]. The number of carbonyl (C=O) groups excluding carboxylic acids is 1. The quantitative estimate of drug-likeness (QED) is 0.612. The van der Waals surface area contributed by atoms with E-state index in [9.17, 15) is 9.90 Å². The van der Waals surface area contributed by atoms with Gasteiger partial charge in [0.15, 0.2) is 0 Å². The fraction of sp³-hybridized carbons (Fsp3) is 0.900. The van der Waals surface area contributed by atoms with E-state index in [0.717, 1.165) is 18.8 Å². The van der Waals surface area contributed by atoms with Gasteiger partial charge in [0, 0.05) is 5.97 Å². The van der Waals surface area contributed by atoms with Crippen LogP contribution in [0.15, 0.2) is 0 Å². The summed E-state index contributed by atoms with van der Waals surface area (Å²) in [7, 11) is 0. The Bertz CT molecular complexity index is 142. The van der Waals surface area contributed by atoms with Crippen molar-refractivity contribution in [1.29, 1.82) is 0 Å². The fourth-order valence-electron chi connectivity index (χ4n) is 2.01. The van der Waals surface area contributed by atoms with Gasteiger partial charge >= 0.3 is 58.2 Å². The second-order valence-electron chi connectivity index (χ2n) is 3.77. The van der Waals surface area contributed by atoms with Crippen molar-refractivity contribution in [3.63, 3.8) is 0 Å². The largest absolute Gasteiger partial charge is 1.00 e. The van der Waals surface area contributed by atoms with E-state index < -0.39 is 5.97 Å². The first-order valence-corrected chi connectivity index (χ1v) is 4.99. The zero-order valence-corrected chi connectivity index (χ0v) is 13.5. The molecule has 0 aromatic heterocycles. The van der Waals surface area contributed by atoms with E-state index in [1.165, 1.54) is 32.1 Å². The molecule has 70 valence electrons. The molecule has 1 fully saturated rings. The molecular weight excluding hydrogens is 238 g/mol. The van der Waals surface area contributed by atoms with Gasteiger partial charge in [0.2, 0.25) is 0 Å². The molecule has 3 heteroatoms. The molecular formula is C10H17O2Rb. The summed E-state index contributed by atoms with van der Waals surface area (Å²) in [6.07, 6.45) is 8.83. The maximum Gasteiger partial charge on any atom is 1.00 e. The van der Waals surface area contributed by atoms with E-state index in [2.05, 4.69) is 0 Å². The third-order valence-electron chi connectivity index (χ3n) is 2.72. The zero-order valence-electron chi connectivity index (χ0n) is 8.55. The zero-order chi connectivity index (χ0) is 8.81. The van der Waals surface area contributed by atoms with Crippen LogP contribution in [0.2, 0.25) is 0 Å². The van der Waals surface area contributed by atoms with Crippen molar-refractivity contribution in [1.82, 2.24) is 0 Å². The molecule has 0 heterocycles. The number of aliphatic carboxylic acids is 1. The second-order valence-corrected chi connectivity index (χ2v) is 3.77. The predicted octanol–water partition coefficient (Wildman–Crippen LogP) is -1.51. The molecule has 0 amide bonds. The molecule has 0 bridgehead atoms. The average Bonchev–Trinajstić information content (AvgIpc) is 2.05. The second kappa shape index (κ2) is 8.57. The Morgan fingerprint density at radius 2 is 1.85 bits per heavy atom. The van der Waals surface area contributed by atoms with Gasteiger partial charge in [-0.25, -0.2) is 0 Å². The number of rotatable bonds is 4. The molecule has 1 saturated carbocycles. The maximum atomic E-state index is 10.1. The average molecular weight is 255 g/mol. The van der Waals surface area contributed by atoms with Gasteiger partial charge in [-0.15, -0.1) is 0 Å². The minimum atomic E-state index is -0.897. The summed E-state index contributed by atoms with van der Waals surface area (Å²) in [5, 5.41) is 10.1. The Kier molecular flexibility index (Phi) is 9.41. The van der Waals surface area contributed by atoms with E-state index in [4.69, 9.17) is 0 Å². The Balaban J connectivity index is 0.00000144. The van der Waals surface area contributed by atoms with Crippen molar-refractivity contribution in [2.45, 2.75) is 51.4 Å². The molecule has 0 radical (unpaired) electrons. The van der Waals surface area contributed by atoms with Crippen LogP contribution < -0.4 is 63.3 Å². The Morgan fingerprint density at radius 1 is 1.23 bits per heavy atom. The van der Waals surface area contributed by atoms with Crippen molar-refractivity contribution in [3.8, 4) is 0 Å². The summed E-state index contributed by atoms with van der Waals surface area (Å²) in [6, 6.07) is 0. The van der Waals surface area contributed by atoms with Crippen LogP contribution in [0.25, 0.3) is 0 Å². The molecule has 0 aromatic carbocycles. The monoisotopic (exact) mass is 254 g/mol. The first kappa shape index (κ1) is 14.3. The van der Waals surface area contributed by atoms with Gasteiger partial charge in [-0.1, -0.05) is 38.5 Å². The molecule has 0 saturated heterocycles. The van der Waals surface area contributed by atoms with Crippen LogP contribution in [0.1, 0.15) is 51.4 Å². The van der Waals surface area contributed by atoms with Crippen LogP contribution in [-0.2, 0) is 4.79 Å². The van der Waals surface area contributed by atoms with Crippen molar-refractivity contribution in [3.05, 3.63) is 0 Å². The summed E-state index contributed by atoms with van der Waals surface area (Å²) in [5.74, 6) is -0.0936. The van der Waals surface area contributed by atoms with Gasteiger partial charge in [-0.2, -0.15) is 0 Å². The summed E-state index contributed by atoms with van der Waals surface area (Å²) in [5.41, 5.74) is 0. The van der Waals surface area contributed by atoms with Crippen LogP contribution >= 0.6 is 0 Å². The Labute approximate surface area is 129 Å². The minimum Gasteiger partial charge on any atom is -0.550 e. The van der Waals surface area contributed by atoms with Gasteiger partial charge in [-0.05, 0) is 18.8 Å². The summed E-state index contributed by atoms with van der Waals surface area (Å²) in [6.45, 7) is 0. The molecule has 1 aliphatic carbocycles. The summed E-state index contributed by atoms with van der Waals surface area (Å²) >= 11 is 0. The van der Waals surface area contributed by atoms with Crippen LogP contribution in [0.3, 0.4) is 0 Å². The van der Waals surface area contributed by atoms with Crippen molar-refractivity contribution < 1.29 is 68.1 Å². The van der Waals surface area contributed by atoms with Crippen LogP contribution in [0, 0.1) is 5.92 Å². The van der Waals surface area contributed by atoms with Crippen molar-refractivity contribution >= 4 is 5.97 Å². The number of carbonyl (C=O) groups is 1. The topological polar surface area (TPSA) is 40.1 Å². The van der Waals surface area contributed by atoms with Gasteiger partial charge < -0.3 is 9.90 Å². The first-order chi connectivity index (χ1) is 5.79. The molecule has 13 heavy (non-hydrogen) atoms. The molecule has 0 aliphatic heterocycles. The van der Waals surface area contributed by atoms with Gasteiger partial charge in [0.25, 0.3) is 0 Å². The third kappa shape index (κ3) is 7.23. The summed E-state index contributed by atoms with van der Waals surface area (Å²) in [4.78, 5) is 10.1. The molecule has 1 rings (SSSR count). The number of carboxylic acids is 1. The summed E-state index contributed by atoms with van der Waals surface area (Å²) < 4.78 is 0. The normalized spacial score (nSPS) is 17.8. The molecule has 1 aliphatic rings. The van der Waals surface area contributed by atoms with E-state index in [1.54, 1.807) is 0 Å². The molecule has 2 nitrogen and oxygen atoms in total. The smallest absolute Gasteiger partial charge is 0.550 e. The molecule has 0 atom stereocenters. The van der Waals surface area contributed by atoms with Crippen molar-refractivity contribution in [2.24, 2.45) is 5.92 Å². The molecule has 0 N–H and O–H groups in total. The van der Waals surface area contributed by atoms with Crippen LogP contribution in [-0.4, -0.2) is 5.97 Å². The van der Waals surface area contributed by atoms with Crippen molar-refractivity contribution in [2.75, 3.05) is 0 Å². The standard InChI is InChI=1S/C10H18O2.Rb/c11-10(12)8-4-7-9-5-2-1-3-6-9;/h9H,1-8H2,(H,11,12);/q;+1/p-1. The van der Waals surface area contributed by atoms with Gasteiger partial charge in [0.1, 0.15) is 0 Å².